The van der Waals surface area contributed by atoms with Gasteiger partial charge in [0.25, 0.3) is 0 Å². The molecule has 1 heterocycles. The Labute approximate surface area is 184 Å². The third-order valence-electron chi connectivity index (χ3n) is 4.72. The first-order valence-corrected chi connectivity index (χ1v) is 10.7. The molecule has 158 valence electrons. The van der Waals surface area contributed by atoms with Gasteiger partial charge in [-0.25, -0.2) is 0 Å². The topological polar surface area (TPSA) is 78.3 Å². The Morgan fingerprint density at radius 2 is 1.74 bits per heavy atom. The maximum Gasteiger partial charge on any atom is 0.234 e. The van der Waals surface area contributed by atoms with Crippen LogP contribution in [-0.2, 0) is 18.4 Å². The number of carbonyl (C=O) groups excluding carboxylic acids is 1. The third-order valence-corrected chi connectivity index (χ3v) is 5.74. The summed E-state index contributed by atoms with van der Waals surface area (Å²) >= 11 is 1.33. The summed E-state index contributed by atoms with van der Waals surface area (Å²) in [4.78, 5) is 12.4. The van der Waals surface area contributed by atoms with Crippen LogP contribution in [0.3, 0.4) is 0 Å². The quantitative estimate of drug-likeness (QED) is 0.417. The molecule has 8 heteroatoms. The van der Waals surface area contributed by atoms with E-state index in [9.17, 15) is 4.79 Å². The summed E-state index contributed by atoms with van der Waals surface area (Å²) in [7, 11) is 3.48. The van der Waals surface area contributed by atoms with Crippen LogP contribution in [-0.4, -0.2) is 33.5 Å². The molecule has 0 aliphatic heterocycles. The van der Waals surface area contributed by atoms with Crippen molar-refractivity contribution in [3.8, 4) is 11.5 Å². The first kappa shape index (κ1) is 20.7. The van der Waals surface area contributed by atoms with E-state index in [1.54, 1.807) is 7.11 Å². The molecule has 0 atom stereocenters. The SMILES string of the molecule is COc1ccc(OCc2nnc(SCC(=O)Nc3ccc4ccccc4c3)n2C)cc1. The summed E-state index contributed by atoms with van der Waals surface area (Å²) in [5, 5.41) is 14.2. The fourth-order valence-corrected chi connectivity index (χ4v) is 3.74. The van der Waals surface area contributed by atoms with Crippen LogP contribution < -0.4 is 14.8 Å². The fraction of sp³-hybridized carbons (Fsp3) is 0.174. The van der Waals surface area contributed by atoms with Gasteiger partial charge in [0.2, 0.25) is 5.91 Å². The Morgan fingerprint density at radius 1 is 1.00 bits per heavy atom. The van der Waals surface area contributed by atoms with Crippen LogP contribution in [0.15, 0.2) is 71.9 Å². The molecule has 0 unspecified atom stereocenters. The highest BCUT2D eigenvalue weighted by atomic mass is 32.2. The lowest BCUT2D eigenvalue weighted by molar-refractivity contribution is -0.113. The van der Waals surface area contributed by atoms with E-state index in [0.29, 0.717) is 16.7 Å². The maximum atomic E-state index is 12.4. The zero-order valence-corrected chi connectivity index (χ0v) is 18.1. The van der Waals surface area contributed by atoms with Gasteiger partial charge < -0.3 is 19.4 Å². The molecule has 0 saturated heterocycles. The van der Waals surface area contributed by atoms with Gasteiger partial charge in [0.05, 0.1) is 12.9 Å². The smallest absolute Gasteiger partial charge is 0.234 e. The van der Waals surface area contributed by atoms with Gasteiger partial charge in [0.1, 0.15) is 18.1 Å². The van der Waals surface area contributed by atoms with E-state index < -0.39 is 0 Å². The van der Waals surface area contributed by atoms with Gasteiger partial charge in [-0.3, -0.25) is 4.79 Å². The molecule has 0 saturated carbocycles. The number of nitrogens with zero attached hydrogens (tertiary/aromatic N) is 3. The van der Waals surface area contributed by atoms with Crippen LogP contribution in [0.5, 0.6) is 11.5 Å². The lowest BCUT2D eigenvalue weighted by atomic mass is 10.1. The lowest BCUT2D eigenvalue weighted by Crippen LogP contribution is -2.14. The standard InChI is InChI=1S/C23H22N4O3S/c1-27-21(14-30-20-11-9-19(29-2)10-12-20)25-26-23(27)31-15-22(28)24-18-8-7-16-5-3-4-6-17(16)13-18/h3-13H,14-15H2,1-2H3,(H,24,28). The molecule has 0 radical (unpaired) electrons. The Balaban J connectivity index is 1.30. The number of fused-ring (bicyclic) bond motifs is 1. The van der Waals surface area contributed by atoms with Gasteiger partial charge in [0.15, 0.2) is 11.0 Å². The number of rotatable bonds is 8. The van der Waals surface area contributed by atoms with E-state index in [2.05, 4.69) is 15.5 Å². The number of methoxy groups -OCH3 is 1. The highest BCUT2D eigenvalue weighted by molar-refractivity contribution is 7.99. The largest absolute Gasteiger partial charge is 0.497 e. The van der Waals surface area contributed by atoms with Crippen molar-refractivity contribution in [2.75, 3.05) is 18.2 Å². The number of hydrogen-bond acceptors (Lipinski definition) is 6. The summed E-state index contributed by atoms with van der Waals surface area (Å²) in [6.45, 7) is 0.277. The van der Waals surface area contributed by atoms with Crippen LogP contribution in [0.2, 0.25) is 0 Å². The van der Waals surface area contributed by atoms with Crippen molar-refractivity contribution in [3.05, 3.63) is 72.6 Å². The maximum absolute atomic E-state index is 12.4. The average molecular weight is 435 g/mol. The number of nitrogens with one attached hydrogen (secondary N) is 1. The van der Waals surface area contributed by atoms with E-state index in [4.69, 9.17) is 9.47 Å². The van der Waals surface area contributed by atoms with Crippen molar-refractivity contribution in [1.29, 1.82) is 0 Å². The summed E-state index contributed by atoms with van der Waals surface area (Å²) < 4.78 is 12.7. The fourth-order valence-electron chi connectivity index (χ4n) is 3.01. The molecule has 1 amide bonds. The van der Waals surface area contributed by atoms with E-state index in [1.807, 2.05) is 78.3 Å². The predicted molar refractivity (Wildman–Crippen MR) is 122 cm³/mol. The second-order valence-electron chi connectivity index (χ2n) is 6.82. The minimum Gasteiger partial charge on any atom is -0.497 e. The summed E-state index contributed by atoms with van der Waals surface area (Å²) in [6, 6.07) is 21.2. The van der Waals surface area contributed by atoms with Crippen LogP contribution in [0, 0.1) is 0 Å². The van der Waals surface area contributed by atoms with Crippen molar-refractivity contribution in [3.63, 3.8) is 0 Å². The molecule has 1 aromatic heterocycles. The number of thioether (sulfide) groups is 1. The van der Waals surface area contributed by atoms with Gasteiger partial charge in [-0.05, 0) is 47.2 Å². The zero-order valence-electron chi connectivity index (χ0n) is 17.2. The predicted octanol–water partition coefficient (Wildman–Crippen LogP) is 4.29. The van der Waals surface area contributed by atoms with E-state index in [-0.39, 0.29) is 18.3 Å². The Bertz CT molecular complexity index is 1190. The zero-order chi connectivity index (χ0) is 21.6. The van der Waals surface area contributed by atoms with Crippen molar-refractivity contribution in [2.24, 2.45) is 7.05 Å². The van der Waals surface area contributed by atoms with Crippen LogP contribution >= 0.6 is 11.8 Å². The average Bonchev–Trinajstić information content (AvgIpc) is 3.16. The molecular weight excluding hydrogens is 412 g/mol. The Kier molecular flexibility index (Phi) is 6.37. The Morgan fingerprint density at radius 3 is 2.52 bits per heavy atom. The second kappa shape index (κ2) is 9.53. The van der Waals surface area contributed by atoms with E-state index >= 15 is 0 Å². The molecule has 0 fully saturated rings. The number of carbonyl (C=O) groups is 1. The molecule has 3 aromatic carbocycles. The molecule has 1 N–H and O–H groups in total. The van der Waals surface area contributed by atoms with Crippen molar-refractivity contribution in [1.82, 2.24) is 14.8 Å². The van der Waals surface area contributed by atoms with Gasteiger partial charge in [-0.2, -0.15) is 0 Å². The molecule has 0 spiro atoms. The molecule has 4 rings (SSSR count). The Hall–Kier alpha value is -3.52. The molecule has 0 bridgehead atoms. The molecule has 4 aromatic rings. The minimum absolute atomic E-state index is 0.0979. The van der Waals surface area contributed by atoms with Gasteiger partial charge in [-0.1, -0.05) is 42.1 Å². The first-order valence-electron chi connectivity index (χ1n) is 9.69. The van der Waals surface area contributed by atoms with Crippen LogP contribution in [0.4, 0.5) is 5.69 Å². The third kappa shape index (κ3) is 5.16. The molecular formula is C23H22N4O3S. The molecule has 7 nitrogen and oxygen atoms in total. The van der Waals surface area contributed by atoms with Gasteiger partial charge in [-0.15, -0.1) is 10.2 Å². The lowest BCUT2D eigenvalue weighted by Gasteiger charge is -2.08. The summed E-state index contributed by atoms with van der Waals surface area (Å²) in [6.07, 6.45) is 0. The molecule has 0 aliphatic carbocycles. The van der Waals surface area contributed by atoms with Crippen molar-refractivity contribution < 1.29 is 14.3 Å². The van der Waals surface area contributed by atoms with Gasteiger partial charge >= 0.3 is 0 Å². The molecule has 0 aliphatic rings. The highest BCUT2D eigenvalue weighted by Gasteiger charge is 2.12. The molecule has 31 heavy (non-hydrogen) atoms. The highest BCUT2D eigenvalue weighted by Crippen LogP contribution is 2.21. The number of benzene rings is 3. The number of hydrogen-bond donors (Lipinski definition) is 1. The van der Waals surface area contributed by atoms with E-state index in [0.717, 1.165) is 22.2 Å². The van der Waals surface area contributed by atoms with Crippen LogP contribution in [0.1, 0.15) is 5.82 Å². The number of aromatic nitrogens is 3. The minimum atomic E-state index is -0.0979. The number of anilines is 1. The normalized spacial score (nSPS) is 10.8. The second-order valence-corrected chi connectivity index (χ2v) is 7.76. The number of ether oxygens (including phenoxy) is 2. The van der Waals surface area contributed by atoms with Gasteiger partial charge in [0, 0.05) is 12.7 Å². The summed E-state index contributed by atoms with van der Waals surface area (Å²) in [5.41, 5.74) is 0.774. The summed E-state index contributed by atoms with van der Waals surface area (Å²) in [5.74, 6) is 2.30. The van der Waals surface area contributed by atoms with Crippen LogP contribution in [0.25, 0.3) is 10.8 Å². The van der Waals surface area contributed by atoms with E-state index in [1.165, 1.54) is 11.8 Å². The van der Waals surface area contributed by atoms with Crippen molar-refractivity contribution in [2.45, 2.75) is 11.8 Å². The number of amides is 1. The first-order chi connectivity index (χ1) is 15.1. The monoisotopic (exact) mass is 434 g/mol. The van der Waals surface area contributed by atoms with Crippen molar-refractivity contribution >= 4 is 34.1 Å².